The van der Waals surface area contributed by atoms with Crippen LogP contribution in [0.4, 0.5) is 10.5 Å². The van der Waals surface area contributed by atoms with Crippen LogP contribution in [0.1, 0.15) is 21.5 Å². The molecule has 1 heterocycles. The predicted octanol–water partition coefficient (Wildman–Crippen LogP) is 4.06. The summed E-state index contributed by atoms with van der Waals surface area (Å²) in [6.45, 7) is 0.219. The number of benzene rings is 3. The van der Waals surface area contributed by atoms with Gasteiger partial charge in [0.05, 0.1) is 11.3 Å². The molecule has 3 aromatic rings. The minimum Gasteiger partial charge on any atom is -0.488 e. The Morgan fingerprint density at radius 1 is 0.935 bits per heavy atom. The summed E-state index contributed by atoms with van der Waals surface area (Å²) in [5.41, 5.74) is 2.27. The molecule has 0 spiro atoms. The number of ether oxygens (including phenoxy) is 1. The molecule has 0 bridgehead atoms. The second kappa shape index (κ2) is 8.54. The molecule has 1 aliphatic heterocycles. The van der Waals surface area contributed by atoms with E-state index in [1.165, 1.54) is 12.1 Å². The number of hydrogen-bond donors (Lipinski definition) is 2. The van der Waals surface area contributed by atoms with E-state index in [-0.39, 0.29) is 17.9 Å². The van der Waals surface area contributed by atoms with Gasteiger partial charge in [-0.2, -0.15) is 0 Å². The van der Waals surface area contributed by atoms with Gasteiger partial charge in [-0.3, -0.25) is 4.79 Å². The molecule has 0 aliphatic carbocycles. The van der Waals surface area contributed by atoms with Gasteiger partial charge < -0.3 is 15.2 Å². The summed E-state index contributed by atoms with van der Waals surface area (Å²) in [4.78, 5) is 37.2. The Hall–Kier alpha value is -4.39. The smallest absolute Gasteiger partial charge is 0.335 e. The lowest BCUT2D eigenvalue weighted by atomic mass is 10.1. The van der Waals surface area contributed by atoms with Crippen LogP contribution in [0, 0.1) is 0 Å². The number of amides is 3. The van der Waals surface area contributed by atoms with E-state index in [1.807, 2.05) is 6.07 Å². The SMILES string of the molecule is O=C(O)c1ccc(COc2ccccc2C=C2NC(=O)N(c3ccccc3)C2=O)cc1. The molecule has 1 fully saturated rings. The molecular weight excluding hydrogens is 396 g/mol. The summed E-state index contributed by atoms with van der Waals surface area (Å²) in [6, 6.07) is 21.7. The quantitative estimate of drug-likeness (QED) is 0.468. The Labute approximate surface area is 178 Å². The number of carbonyl (C=O) groups is 3. The van der Waals surface area contributed by atoms with E-state index in [1.54, 1.807) is 66.7 Å². The maximum absolute atomic E-state index is 12.8. The highest BCUT2D eigenvalue weighted by atomic mass is 16.5. The van der Waals surface area contributed by atoms with Crippen molar-refractivity contribution in [2.45, 2.75) is 6.61 Å². The normalized spacial score (nSPS) is 14.6. The number of aromatic carboxylic acids is 1. The van der Waals surface area contributed by atoms with Crippen LogP contribution in [-0.2, 0) is 11.4 Å². The number of imide groups is 1. The van der Waals surface area contributed by atoms with Crippen molar-refractivity contribution in [3.63, 3.8) is 0 Å². The molecule has 1 aliphatic rings. The highest BCUT2D eigenvalue weighted by Gasteiger charge is 2.34. The molecule has 3 aromatic carbocycles. The third-order valence-corrected chi connectivity index (χ3v) is 4.71. The number of carbonyl (C=O) groups excluding carboxylic acids is 2. The average Bonchev–Trinajstić information content (AvgIpc) is 3.06. The first-order chi connectivity index (χ1) is 15.0. The molecule has 0 unspecified atom stereocenters. The first kappa shape index (κ1) is 19.9. The largest absolute Gasteiger partial charge is 0.488 e. The Bertz CT molecular complexity index is 1170. The van der Waals surface area contributed by atoms with Gasteiger partial charge in [-0.05, 0) is 42.0 Å². The van der Waals surface area contributed by atoms with Crippen molar-refractivity contribution >= 4 is 29.7 Å². The highest BCUT2D eigenvalue weighted by Crippen LogP contribution is 2.26. The van der Waals surface area contributed by atoms with Crippen LogP contribution in [0.2, 0.25) is 0 Å². The number of para-hydroxylation sites is 2. The minimum atomic E-state index is -0.989. The highest BCUT2D eigenvalue weighted by molar-refractivity contribution is 6.28. The fourth-order valence-electron chi connectivity index (χ4n) is 3.14. The van der Waals surface area contributed by atoms with Gasteiger partial charge in [0.25, 0.3) is 5.91 Å². The van der Waals surface area contributed by atoms with Gasteiger partial charge in [0.1, 0.15) is 18.1 Å². The van der Waals surface area contributed by atoms with E-state index in [9.17, 15) is 14.4 Å². The van der Waals surface area contributed by atoms with Crippen molar-refractivity contribution in [2.24, 2.45) is 0 Å². The zero-order valence-electron chi connectivity index (χ0n) is 16.3. The van der Waals surface area contributed by atoms with Gasteiger partial charge in [-0.25, -0.2) is 14.5 Å². The average molecular weight is 414 g/mol. The Morgan fingerprint density at radius 2 is 1.61 bits per heavy atom. The van der Waals surface area contributed by atoms with Gasteiger partial charge in [-0.15, -0.1) is 0 Å². The molecule has 7 nitrogen and oxygen atoms in total. The number of hydrogen-bond acceptors (Lipinski definition) is 4. The summed E-state index contributed by atoms with van der Waals surface area (Å²) in [5, 5.41) is 11.6. The fourth-order valence-corrected chi connectivity index (χ4v) is 3.14. The number of nitrogens with one attached hydrogen (secondary N) is 1. The number of nitrogens with zero attached hydrogens (tertiary/aromatic N) is 1. The second-order valence-corrected chi connectivity index (χ2v) is 6.79. The van der Waals surface area contributed by atoms with Crippen LogP contribution in [0.15, 0.2) is 84.6 Å². The van der Waals surface area contributed by atoms with Crippen molar-refractivity contribution in [3.05, 3.63) is 101 Å². The standard InChI is InChI=1S/C24H18N2O5/c27-22-20(25-24(30)26(22)19-7-2-1-3-8-19)14-18-6-4-5-9-21(18)31-15-16-10-12-17(13-11-16)23(28)29/h1-14H,15H2,(H,25,30)(H,28,29). The first-order valence-corrected chi connectivity index (χ1v) is 9.49. The summed E-state index contributed by atoms with van der Waals surface area (Å²) >= 11 is 0. The Morgan fingerprint density at radius 3 is 2.32 bits per heavy atom. The minimum absolute atomic E-state index is 0.149. The molecule has 154 valence electrons. The number of anilines is 1. The molecule has 1 saturated heterocycles. The summed E-state index contributed by atoms with van der Waals surface area (Å²) in [7, 11) is 0. The molecule has 7 heteroatoms. The van der Waals surface area contributed by atoms with Crippen LogP contribution in [0.5, 0.6) is 5.75 Å². The first-order valence-electron chi connectivity index (χ1n) is 9.49. The fraction of sp³-hybridized carbons (Fsp3) is 0.0417. The van der Waals surface area contributed by atoms with Gasteiger partial charge in [0, 0.05) is 5.56 Å². The van der Waals surface area contributed by atoms with E-state index < -0.39 is 17.9 Å². The molecule has 2 N–H and O–H groups in total. The topological polar surface area (TPSA) is 95.9 Å². The number of urea groups is 1. The molecule has 3 amide bonds. The van der Waals surface area contributed by atoms with Gasteiger partial charge in [-0.1, -0.05) is 48.5 Å². The maximum Gasteiger partial charge on any atom is 0.335 e. The summed E-state index contributed by atoms with van der Waals surface area (Å²) in [6.07, 6.45) is 1.58. The number of rotatable bonds is 6. The monoisotopic (exact) mass is 414 g/mol. The lowest BCUT2D eigenvalue weighted by Crippen LogP contribution is -2.30. The third-order valence-electron chi connectivity index (χ3n) is 4.71. The Kier molecular flexibility index (Phi) is 5.49. The Balaban J connectivity index is 1.53. The zero-order chi connectivity index (χ0) is 21.8. The van der Waals surface area contributed by atoms with Crippen molar-refractivity contribution in [1.29, 1.82) is 0 Å². The lowest BCUT2D eigenvalue weighted by molar-refractivity contribution is -0.113. The van der Waals surface area contributed by atoms with E-state index in [0.29, 0.717) is 17.0 Å². The van der Waals surface area contributed by atoms with Crippen molar-refractivity contribution in [1.82, 2.24) is 5.32 Å². The molecule has 0 aromatic heterocycles. The van der Waals surface area contributed by atoms with Crippen LogP contribution >= 0.6 is 0 Å². The number of carboxylic acid groups (broad SMARTS) is 1. The van der Waals surface area contributed by atoms with Crippen LogP contribution in [-0.4, -0.2) is 23.0 Å². The van der Waals surface area contributed by atoms with Crippen LogP contribution < -0.4 is 15.0 Å². The molecule has 4 rings (SSSR count). The van der Waals surface area contributed by atoms with Crippen molar-refractivity contribution < 1.29 is 24.2 Å². The predicted molar refractivity (Wildman–Crippen MR) is 115 cm³/mol. The number of carboxylic acids is 1. The van der Waals surface area contributed by atoms with E-state index in [0.717, 1.165) is 10.5 Å². The zero-order valence-corrected chi connectivity index (χ0v) is 16.3. The third kappa shape index (κ3) is 4.30. The lowest BCUT2D eigenvalue weighted by Gasteiger charge is -2.11. The van der Waals surface area contributed by atoms with E-state index >= 15 is 0 Å². The van der Waals surface area contributed by atoms with Gasteiger partial charge in [0.15, 0.2) is 0 Å². The molecule has 0 saturated carbocycles. The second-order valence-electron chi connectivity index (χ2n) is 6.79. The van der Waals surface area contributed by atoms with Gasteiger partial charge >= 0.3 is 12.0 Å². The molecule has 0 radical (unpaired) electrons. The van der Waals surface area contributed by atoms with Crippen LogP contribution in [0.25, 0.3) is 6.08 Å². The van der Waals surface area contributed by atoms with Gasteiger partial charge in [0.2, 0.25) is 0 Å². The van der Waals surface area contributed by atoms with Crippen molar-refractivity contribution in [2.75, 3.05) is 4.90 Å². The van der Waals surface area contributed by atoms with E-state index in [4.69, 9.17) is 9.84 Å². The summed E-state index contributed by atoms with van der Waals surface area (Å²) in [5.74, 6) is -0.912. The van der Waals surface area contributed by atoms with Crippen molar-refractivity contribution in [3.8, 4) is 5.75 Å². The molecule has 31 heavy (non-hydrogen) atoms. The van der Waals surface area contributed by atoms with E-state index in [2.05, 4.69) is 5.32 Å². The van der Waals surface area contributed by atoms with Crippen LogP contribution in [0.3, 0.4) is 0 Å². The maximum atomic E-state index is 12.8. The molecule has 0 atom stereocenters. The molecular formula is C24H18N2O5. The summed E-state index contributed by atoms with van der Waals surface area (Å²) < 4.78 is 5.88.